The first-order valence-corrected chi connectivity index (χ1v) is 9.35. The summed E-state index contributed by atoms with van der Waals surface area (Å²) in [6, 6.07) is 10.0. The Hall–Kier alpha value is -2.63. The molecule has 138 valence electrons. The number of aromatic amines is 1. The number of hydrogen-bond acceptors (Lipinski definition) is 3. The number of benzene rings is 1. The Balaban J connectivity index is 1.59. The highest BCUT2D eigenvalue weighted by Gasteiger charge is 2.27. The number of carbonyl (C=O) groups is 2. The van der Waals surface area contributed by atoms with Gasteiger partial charge >= 0.3 is 0 Å². The van der Waals surface area contributed by atoms with Crippen molar-refractivity contribution in [1.29, 1.82) is 0 Å². The van der Waals surface area contributed by atoms with E-state index in [0.29, 0.717) is 31.7 Å². The Kier molecular flexibility index (Phi) is 6.04. The van der Waals surface area contributed by atoms with Crippen LogP contribution in [-0.4, -0.2) is 40.0 Å². The second-order valence-electron chi connectivity index (χ2n) is 6.69. The van der Waals surface area contributed by atoms with Crippen LogP contribution < -0.4 is 5.32 Å². The number of fused-ring (bicyclic) bond motifs is 1. The van der Waals surface area contributed by atoms with Crippen molar-refractivity contribution in [3.05, 3.63) is 52.8 Å². The lowest BCUT2D eigenvalue weighted by atomic mass is 10.0. The zero-order valence-corrected chi connectivity index (χ0v) is 15.3. The standard InChI is InChI=1S/C20H26N4O2/c1-2-3-9-18(25)24-13-11-17-16(14-24)19(23-22-17)20(26)21-12-10-15-7-5-4-6-8-15/h4-8H,2-3,9-14H2,1H3,(H,21,26)(H,22,23). The predicted molar refractivity (Wildman–Crippen MR) is 99.7 cm³/mol. The first kappa shape index (κ1) is 18.2. The lowest BCUT2D eigenvalue weighted by molar-refractivity contribution is -0.132. The second kappa shape index (κ2) is 8.65. The van der Waals surface area contributed by atoms with E-state index in [2.05, 4.69) is 22.4 Å². The molecule has 2 aromatic rings. The highest BCUT2D eigenvalue weighted by Crippen LogP contribution is 2.21. The Morgan fingerprint density at radius 1 is 1.27 bits per heavy atom. The molecule has 1 aromatic heterocycles. The molecule has 0 bridgehead atoms. The van der Waals surface area contributed by atoms with Crippen LogP contribution in [0.2, 0.25) is 0 Å². The molecule has 0 unspecified atom stereocenters. The van der Waals surface area contributed by atoms with Gasteiger partial charge in [-0.1, -0.05) is 43.7 Å². The number of aromatic nitrogens is 2. The highest BCUT2D eigenvalue weighted by atomic mass is 16.2. The van der Waals surface area contributed by atoms with Crippen molar-refractivity contribution in [2.24, 2.45) is 0 Å². The van der Waals surface area contributed by atoms with Crippen LogP contribution in [0.25, 0.3) is 0 Å². The molecule has 0 saturated heterocycles. The van der Waals surface area contributed by atoms with E-state index in [4.69, 9.17) is 0 Å². The largest absolute Gasteiger partial charge is 0.350 e. The normalized spacial score (nSPS) is 13.3. The monoisotopic (exact) mass is 354 g/mol. The fourth-order valence-electron chi connectivity index (χ4n) is 3.23. The van der Waals surface area contributed by atoms with Gasteiger partial charge in [-0.15, -0.1) is 0 Å². The van der Waals surface area contributed by atoms with E-state index in [9.17, 15) is 9.59 Å². The SMILES string of the molecule is CCCCC(=O)N1CCc2[nH]nc(C(=O)NCCc3ccccc3)c2C1. The highest BCUT2D eigenvalue weighted by molar-refractivity contribution is 5.94. The molecule has 26 heavy (non-hydrogen) atoms. The van der Waals surface area contributed by atoms with Crippen LogP contribution in [0.4, 0.5) is 0 Å². The molecule has 6 heteroatoms. The summed E-state index contributed by atoms with van der Waals surface area (Å²) in [5, 5.41) is 10.1. The third-order valence-electron chi connectivity index (χ3n) is 4.79. The second-order valence-corrected chi connectivity index (χ2v) is 6.69. The topological polar surface area (TPSA) is 78.1 Å². The molecule has 2 N–H and O–H groups in total. The van der Waals surface area contributed by atoms with Gasteiger partial charge in [0, 0.05) is 43.7 Å². The van der Waals surface area contributed by atoms with Crippen molar-refractivity contribution in [3.8, 4) is 0 Å². The van der Waals surface area contributed by atoms with Crippen molar-refractivity contribution >= 4 is 11.8 Å². The lowest BCUT2D eigenvalue weighted by Gasteiger charge is -2.27. The summed E-state index contributed by atoms with van der Waals surface area (Å²) in [6.45, 7) is 3.79. The molecule has 2 heterocycles. The average Bonchev–Trinajstić information content (AvgIpc) is 3.10. The first-order chi connectivity index (χ1) is 12.7. The van der Waals surface area contributed by atoms with Crippen LogP contribution in [0.3, 0.4) is 0 Å². The van der Waals surface area contributed by atoms with Gasteiger partial charge in [0.1, 0.15) is 0 Å². The Morgan fingerprint density at radius 2 is 2.08 bits per heavy atom. The number of nitrogens with one attached hydrogen (secondary N) is 2. The third-order valence-corrected chi connectivity index (χ3v) is 4.79. The Bertz CT molecular complexity index is 754. The van der Waals surface area contributed by atoms with Crippen molar-refractivity contribution in [3.63, 3.8) is 0 Å². The maximum Gasteiger partial charge on any atom is 0.272 e. The van der Waals surface area contributed by atoms with E-state index >= 15 is 0 Å². The van der Waals surface area contributed by atoms with E-state index in [1.54, 1.807) is 0 Å². The smallest absolute Gasteiger partial charge is 0.272 e. The van der Waals surface area contributed by atoms with E-state index in [-0.39, 0.29) is 11.8 Å². The summed E-state index contributed by atoms with van der Waals surface area (Å²) < 4.78 is 0. The minimum absolute atomic E-state index is 0.161. The van der Waals surface area contributed by atoms with Gasteiger partial charge in [0.15, 0.2) is 5.69 Å². The van der Waals surface area contributed by atoms with Crippen molar-refractivity contribution in [2.75, 3.05) is 13.1 Å². The molecule has 0 atom stereocenters. The molecule has 2 amide bonds. The molecule has 0 radical (unpaired) electrons. The Morgan fingerprint density at radius 3 is 2.85 bits per heavy atom. The fraction of sp³-hybridized carbons (Fsp3) is 0.450. The van der Waals surface area contributed by atoms with Crippen molar-refractivity contribution in [1.82, 2.24) is 20.4 Å². The minimum atomic E-state index is -0.179. The van der Waals surface area contributed by atoms with Gasteiger partial charge < -0.3 is 10.2 Å². The summed E-state index contributed by atoms with van der Waals surface area (Å²) in [4.78, 5) is 26.7. The summed E-state index contributed by atoms with van der Waals surface area (Å²) in [6.07, 6.45) is 3.98. The van der Waals surface area contributed by atoms with Gasteiger partial charge in [-0.25, -0.2) is 0 Å². The number of carbonyl (C=O) groups excluding carboxylic acids is 2. The molecule has 0 fully saturated rings. The number of hydrogen-bond donors (Lipinski definition) is 2. The third kappa shape index (κ3) is 4.31. The number of H-pyrrole nitrogens is 1. The van der Waals surface area contributed by atoms with Crippen molar-refractivity contribution in [2.45, 2.75) is 45.6 Å². The maximum atomic E-state index is 12.5. The summed E-state index contributed by atoms with van der Waals surface area (Å²) in [5.74, 6) is -0.0181. The molecule has 6 nitrogen and oxygen atoms in total. The summed E-state index contributed by atoms with van der Waals surface area (Å²) in [7, 11) is 0. The average molecular weight is 354 g/mol. The van der Waals surface area contributed by atoms with Crippen LogP contribution in [-0.2, 0) is 24.2 Å². The molecular weight excluding hydrogens is 328 g/mol. The molecule has 1 aliphatic rings. The van der Waals surface area contributed by atoms with Crippen LogP contribution in [0.1, 0.15) is 53.5 Å². The number of rotatable bonds is 7. The predicted octanol–water partition coefficient (Wildman–Crippen LogP) is 2.46. The summed E-state index contributed by atoms with van der Waals surface area (Å²) >= 11 is 0. The van der Waals surface area contributed by atoms with Gasteiger partial charge in [-0.05, 0) is 18.4 Å². The van der Waals surface area contributed by atoms with Gasteiger partial charge in [-0.2, -0.15) is 5.10 Å². The summed E-state index contributed by atoms with van der Waals surface area (Å²) in [5.41, 5.74) is 3.43. The molecule has 1 aromatic carbocycles. The first-order valence-electron chi connectivity index (χ1n) is 9.35. The molecule has 0 spiro atoms. The molecule has 1 aliphatic heterocycles. The quantitative estimate of drug-likeness (QED) is 0.802. The van der Waals surface area contributed by atoms with E-state index in [0.717, 1.165) is 36.9 Å². The van der Waals surface area contributed by atoms with Gasteiger partial charge in [0.2, 0.25) is 5.91 Å². The van der Waals surface area contributed by atoms with E-state index < -0.39 is 0 Å². The minimum Gasteiger partial charge on any atom is -0.350 e. The fourth-order valence-corrected chi connectivity index (χ4v) is 3.23. The number of nitrogens with zero attached hydrogens (tertiary/aromatic N) is 2. The van der Waals surface area contributed by atoms with Gasteiger partial charge in [-0.3, -0.25) is 14.7 Å². The molecular formula is C20H26N4O2. The van der Waals surface area contributed by atoms with E-state index in [1.807, 2.05) is 35.2 Å². The maximum absolute atomic E-state index is 12.5. The van der Waals surface area contributed by atoms with Crippen LogP contribution in [0.5, 0.6) is 0 Å². The van der Waals surface area contributed by atoms with Crippen LogP contribution in [0, 0.1) is 0 Å². The lowest BCUT2D eigenvalue weighted by Crippen LogP contribution is -2.37. The Labute approximate surface area is 154 Å². The van der Waals surface area contributed by atoms with Crippen LogP contribution in [0.15, 0.2) is 30.3 Å². The molecule has 0 saturated carbocycles. The molecule has 0 aliphatic carbocycles. The van der Waals surface area contributed by atoms with Gasteiger partial charge in [0.05, 0.1) is 0 Å². The van der Waals surface area contributed by atoms with Gasteiger partial charge in [0.25, 0.3) is 5.91 Å². The van der Waals surface area contributed by atoms with Crippen LogP contribution >= 0.6 is 0 Å². The molecule has 3 rings (SSSR count). The van der Waals surface area contributed by atoms with Crippen molar-refractivity contribution < 1.29 is 9.59 Å². The number of amides is 2. The van der Waals surface area contributed by atoms with E-state index in [1.165, 1.54) is 5.56 Å². The zero-order valence-electron chi connectivity index (χ0n) is 15.3. The number of unbranched alkanes of at least 4 members (excludes halogenated alkanes) is 1. The zero-order chi connectivity index (χ0) is 18.4.